The molecule has 0 bridgehead atoms. The molecule has 0 radical (unpaired) electrons. The highest BCUT2D eigenvalue weighted by atomic mass is 19.4. The van der Waals surface area contributed by atoms with E-state index >= 15 is 0 Å². The van der Waals surface area contributed by atoms with Gasteiger partial charge >= 0.3 is 18.5 Å². The fourth-order valence-corrected chi connectivity index (χ4v) is 0.730. The molecule has 0 saturated heterocycles. The van der Waals surface area contributed by atoms with Crippen molar-refractivity contribution in [2.24, 2.45) is 0 Å². The molecule has 0 aliphatic rings. The Morgan fingerprint density at radius 2 is 0.944 bits per heavy atom. The van der Waals surface area contributed by atoms with Crippen molar-refractivity contribution in [1.29, 1.82) is 0 Å². The van der Waals surface area contributed by atoms with Gasteiger partial charge in [0.25, 0.3) is 0 Å². The Balaban J connectivity index is 4.35. The molecule has 11 heteroatoms. The van der Waals surface area contributed by atoms with Crippen molar-refractivity contribution in [2.45, 2.75) is 31.2 Å². The first kappa shape index (κ1) is 17.3. The summed E-state index contributed by atoms with van der Waals surface area (Å²) in [4.78, 5) is 0. The molecule has 0 atom stereocenters. The van der Waals surface area contributed by atoms with Crippen LogP contribution in [0.15, 0.2) is 0 Å². The molecule has 0 aromatic rings. The molecule has 0 aliphatic carbocycles. The zero-order chi connectivity index (χ0) is 14.6. The van der Waals surface area contributed by atoms with Crippen LogP contribution < -0.4 is 0 Å². The van der Waals surface area contributed by atoms with Gasteiger partial charge in [-0.1, -0.05) is 0 Å². The zero-order valence-electron chi connectivity index (χ0n) is 8.42. The molecular weight excluding hydrogens is 287 g/mol. The molecule has 0 rings (SSSR count). The van der Waals surface area contributed by atoms with Crippen LogP contribution in [0.5, 0.6) is 0 Å². The van der Waals surface area contributed by atoms with Gasteiger partial charge in [0.2, 0.25) is 0 Å². The normalized spacial score (nSPS) is 14.3. The second kappa shape index (κ2) is 5.95. The molecule has 110 valence electrons. The van der Waals surface area contributed by atoms with E-state index in [9.17, 15) is 39.5 Å². The van der Waals surface area contributed by atoms with E-state index in [-0.39, 0.29) is 0 Å². The van der Waals surface area contributed by atoms with Gasteiger partial charge in [0.05, 0.1) is 6.42 Å². The smallest absolute Gasteiger partial charge is 0.343 e. The van der Waals surface area contributed by atoms with E-state index in [1.165, 1.54) is 0 Å². The summed E-state index contributed by atoms with van der Waals surface area (Å²) in [7, 11) is 0. The van der Waals surface area contributed by atoms with E-state index in [4.69, 9.17) is 0 Å². The third-order valence-electron chi connectivity index (χ3n) is 1.26. The van der Waals surface area contributed by atoms with Crippen molar-refractivity contribution in [3.05, 3.63) is 0 Å². The van der Waals surface area contributed by atoms with E-state index < -0.39 is 44.5 Å². The maximum Gasteiger partial charge on any atom is 0.411 e. The minimum absolute atomic E-state index is 2.07. The average Bonchev–Trinajstić information content (AvgIpc) is 2.05. The molecule has 0 heterocycles. The van der Waals surface area contributed by atoms with Gasteiger partial charge < -0.3 is 9.47 Å². The van der Waals surface area contributed by atoms with Gasteiger partial charge in [-0.25, -0.2) is 0 Å². The first-order chi connectivity index (χ1) is 7.79. The number of alkyl halides is 9. The second-order valence-electron chi connectivity index (χ2n) is 3.10. The van der Waals surface area contributed by atoms with E-state index in [0.29, 0.717) is 0 Å². The molecule has 0 aromatic heterocycles. The van der Waals surface area contributed by atoms with Crippen LogP contribution in [0.3, 0.4) is 0 Å². The minimum Gasteiger partial charge on any atom is -0.343 e. The Morgan fingerprint density at radius 1 is 0.611 bits per heavy atom. The summed E-state index contributed by atoms with van der Waals surface area (Å²) in [5.41, 5.74) is 0. The summed E-state index contributed by atoms with van der Waals surface area (Å²) in [5.74, 6) is 0. The Bertz CT molecular complexity index is 223. The van der Waals surface area contributed by atoms with Crippen LogP contribution in [0.4, 0.5) is 39.5 Å². The van der Waals surface area contributed by atoms with Crippen molar-refractivity contribution in [3.63, 3.8) is 0 Å². The molecular formula is C7H7F9O2. The van der Waals surface area contributed by atoms with Crippen molar-refractivity contribution in [3.8, 4) is 0 Å². The van der Waals surface area contributed by atoms with Crippen LogP contribution in [0.25, 0.3) is 0 Å². The fourth-order valence-electron chi connectivity index (χ4n) is 0.730. The van der Waals surface area contributed by atoms with Crippen LogP contribution in [0.1, 0.15) is 6.42 Å². The fraction of sp³-hybridized carbons (Fsp3) is 1.00. The molecule has 0 unspecified atom stereocenters. The first-order valence-electron chi connectivity index (χ1n) is 4.22. The summed E-state index contributed by atoms with van der Waals surface area (Å²) in [6, 6.07) is 0. The Labute approximate surface area is 94.6 Å². The molecule has 0 saturated carbocycles. The molecule has 18 heavy (non-hydrogen) atoms. The Hall–Kier alpha value is -0.710. The lowest BCUT2D eigenvalue weighted by Crippen LogP contribution is -2.32. The van der Waals surface area contributed by atoms with Gasteiger partial charge in [-0.05, 0) is 0 Å². The van der Waals surface area contributed by atoms with Gasteiger partial charge in [-0.2, -0.15) is 39.5 Å². The van der Waals surface area contributed by atoms with E-state index in [0.717, 1.165) is 0 Å². The summed E-state index contributed by atoms with van der Waals surface area (Å²) >= 11 is 0. The van der Waals surface area contributed by atoms with Crippen LogP contribution in [-0.4, -0.2) is 38.0 Å². The van der Waals surface area contributed by atoms with Gasteiger partial charge in [0.15, 0.2) is 6.29 Å². The molecule has 0 N–H and O–H groups in total. The summed E-state index contributed by atoms with van der Waals surface area (Å²) in [6.45, 7) is -4.27. The van der Waals surface area contributed by atoms with Gasteiger partial charge in [0.1, 0.15) is 13.2 Å². The topological polar surface area (TPSA) is 18.5 Å². The monoisotopic (exact) mass is 294 g/mol. The summed E-state index contributed by atoms with van der Waals surface area (Å²) < 4.78 is 113. The number of rotatable bonds is 5. The van der Waals surface area contributed by atoms with E-state index in [1.807, 2.05) is 0 Å². The van der Waals surface area contributed by atoms with Crippen molar-refractivity contribution in [2.75, 3.05) is 13.2 Å². The summed E-state index contributed by atoms with van der Waals surface area (Å²) in [6.07, 6.45) is -19.7. The predicted octanol–water partition coefficient (Wildman–Crippen LogP) is 3.42. The molecule has 0 amide bonds. The Morgan fingerprint density at radius 3 is 1.17 bits per heavy atom. The van der Waals surface area contributed by atoms with E-state index in [1.54, 1.807) is 0 Å². The highest BCUT2D eigenvalue weighted by Gasteiger charge is 2.38. The molecule has 0 fully saturated rings. The molecule has 2 nitrogen and oxygen atoms in total. The molecule has 0 spiro atoms. The highest BCUT2D eigenvalue weighted by Crippen LogP contribution is 2.26. The van der Waals surface area contributed by atoms with Crippen molar-refractivity contribution < 1.29 is 49.0 Å². The second-order valence-corrected chi connectivity index (χ2v) is 3.10. The van der Waals surface area contributed by atoms with Crippen LogP contribution in [-0.2, 0) is 9.47 Å². The number of ether oxygens (including phenoxy) is 2. The van der Waals surface area contributed by atoms with Crippen molar-refractivity contribution in [1.82, 2.24) is 0 Å². The van der Waals surface area contributed by atoms with Crippen LogP contribution in [0, 0.1) is 0 Å². The number of hydrogen-bond donors (Lipinski definition) is 0. The quantitative estimate of drug-likeness (QED) is 0.571. The van der Waals surface area contributed by atoms with Gasteiger partial charge in [-0.15, -0.1) is 0 Å². The summed E-state index contributed by atoms with van der Waals surface area (Å²) in [5, 5.41) is 0. The minimum atomic E-state index is -5.01. The Kier molecular flexibility index (Phi) is 5.72. The van der Waals surface area contributed by atoms with Gasteiger partial charge in [-0.3, -0.25) is 0 Å². The highest BCUT2D eigenvalue weighted by molar-refractivity contribution is 4.58. The third-order valence-corrected chi connectivity index (χ3v) is 1.26. The maximum absolute atomic E-state index is 11.8. The largest absolute Gasteiger partial charge is 0.411 e. The van der Waals surface area contributed by atoms with Crippen LogP contribution in [0.2, 0.25) is 0 Å². The van der Waals surface area contributed by atoms with Gasteiger partial charge in [0, 0.05) is 0 Å². The van der Waals surface area contributed by atoms with Crippen molar-refractivity contribution >= 4 is 0 Å². The lowest BCUT2D eigenvalue weighted by molar-refractivity contribution is -0.282. The standard InChI is InChI=1S/C7H7F9O2/c8-5(9,10)1-4(17-2-6(11,12)13)18-3-7(14,15)16/h4H,1-3H2. The number of hydrogen-bond acceptors (Lipinski definition) is 2. The molecule has 0 aliphatic heterocycles. The first-order valence-corrected chi connectivity index (χ1v) is 4.22. The molecule has 0 aromatic carbocycles. The third kappa shape index (κ3) is 11.8. The lowest BCUT2D eigenvalue weighted by Gasteiger charge is -2.21. The average molecular weight is 294 g/mol. The number of halogens is 9. The van der Waals surface area contributed by atoms with Crippen LogP contribution >= 0.6 is 0 Å². The van der Waals surface area contributed by atoms with E-state index in [2.05, 4.69) is 9.47 Å². The lowest BCUT2D eigenvalue weighted by atomic mass is 10.4. The predicted molar refractivity (Wildman–Crippen MR) is 38.5 cm³/mol. The zero-order valence-corrected chi connectivity index (χ0v) is 8.42. The SMILES string of the molecule is FC(F)(F)COC(CC(F)(F)F)OCC(F)(F)F. The maximum atomic E-state index is 11.8.